The molecule has 0 spiro atoms. The van der Waals surface area contributed by atoms with E-state index in [0.29, 0.717) is 22.7 Å². The quantitative estimate of drug-likeness (QED) is 0.887. The molecule has 0 aliphatic heterocycles. The van der Waals surface area contributed by atoms with Crippen LogP contribution in [-0.2, 0) is 0 Å². The highest BCUT2D eigenvalue weighted by atomic mass is 35.5. The van der Waals surface area contributed by atoms with Crippen LogP contribution in [0, 0.1) is 24.4 Å². The van der Waals surface area contributed by atoms with Crippen molar-refractivity contribution in [3.63, 3.8) is 0 Å². The molecule has 1 atom stereocenters. The van der Waals surface area contributed by atoms with Gasteiger partial charge in [-0.05, 0) is 37.2 Å². The van der Waals surface area contributed by atoms with Crippen LogP contribution in [0.4, 0.5) is 13.2 Å². The van der Waals surface area contributed by atoms with Gasteiger partial charge in [-0.2, -0.15) is 0 Å². The Morgan fingerprint density at radius 2 is 1.65 bits per heavy atom. The van der Waals surface area contributed by atoms with Crippen LogP contribution in [0.25, 0.3) is 0 Å². The highest BCUT2D eigenvalue weighted by Crippen LogP contribution is 2.30. The summed E-state index contributed by atoms with van der Waals surface area (Å²) in [5.41, 5.74) is 1.25. The van der Waals surface area contributed by atoms with Gasteiger partial charge < -0.3 is 5.32 Å². The topological polar surface area (TPSA) is 12.0 Å². The van der Waals surface area contributed by atoms with Gasteiger partial charge in [0.25, 0.3) is 0 Å². The van der Waals surface area contributed by atoms with Crippen LogP contribution < -0.4 is 5.32 Å². The summed E-state index contributed by atoms with van der Waals surface area (Å²) >= 11 is 5.93. The average Bonchev–Trinajstić information content (AvgIpc) is 2.37. The normalized spacial score (nSPS) is 12.5. The third-order valence-corrected chi connectivity index (χ3v) is 3.41. The second kappa shape index (κ2) is 5.85. The van der Waals surface area contributed by atoms with Gasteiger partial charge in [0.2, 0.25) is 0 Å². The van der Waals surface area contributed by atoms with Crippen molar-refractivity contribution in [2.24, 2.45) is 0 Å². The molecule has 1 unspecified atom stereocenters. The third-order valence-electron chi connectivity index (χ3n) is 3.17. The molecule has 0 saturated carbocycles. The molecule has 5 heteroatoms. The molecule has 2 aromatic rings. The van der Waals surface area contributed by atoms with Gasteiger partial charge in [0.1, 0.15) is 17.5 Å². The lowest BCUT2D eigenvalue weighted by Gasteiger charge is -2.21. The van der Waals surface area contributed by atoms with Gasteiger partial charge in [-0.15, -0.1) is 0 Å². The van der Waals surface area contributed by atoms with Crippen LogP contribution in [0.2, 0.25) is 5.02 Å². The Hall–Kier alpha value is -1.52. The van der Waals surface area contributed by atoms with E-state index in [0.717, 1.165) is 5.56 Å². The van der Waals surface area contributed by atoms with E-state index in [9.17, 15) is 13.2 Å². The summed E-state index contributed by atoms with van der Waals surface area (Å²) in [5, 5.41) is 3.31. The fourth-order valence-corrected chi connectivity index (χ4v) is 2.39. The van der Waals surface area contributed by atoms with Gasteiger partial charge >= 0.3 is 0 Å². The molecule has 2 aromatic carbocycles. The zero-order valence-corrected chi connectivity index (χ0v) is 11.7. The molecule has 106 valence electrons. The molecule has 0 heterocycles. The summed E-state index contributed by atoms with van der Waals surface area (Å²) in [6.45, 7) is 1.81. The predicted molar refractivity (Wildman–Crippen MR) is 73.4 cm³/mol. The van der Waals surface area contributed by atoms with Crippen LogP contribution in [-0.4, -0.2) is 7.05 Å². The number of nitrogens with one attached hydrogen (secondary N) is 1. The summed E-state index contributed by atoms with van der Waals surface area (Å²) in [6.07, 6.45) is 0. The van der Waals surface area contributed by atoms with Gasteiger partial charge in [-0.3, -0.25) is 0 Å². The third kappa shape index (κ3) is 2.81. The number of hydrogen-bond acceptors (Lipinski definition) is 1. The fourth-order valence-electron chi connectivity index (χ4n) is 2.21. The number of rotatable bonds is 3. The lowest BCUT2D eigenvalue weighted by atomic mass is 9.94. The smallest absolute Gasteiger partial charge is 0.134 e. The molecule has 20 heavy (non-hydrogen) atoms. The fraction of sp³-hybridized carbons (Fsp3) is 0.200. The maximum absolute atomic E-state index is 13.9. The molecule has 1 N–H and O–H groups in total. The molecule has 0 fully saturated rings. The van der Waals surface area contributed by atoms with E-state index in [1.807, 2.05) is 6.92 Å². The minimum Gasteiger partial charge on any atom is -0.309 e. The van der Waals surface area contributed by atoms with Crippen molar-refractivity contribution in [2.75, 3.05) is 7.05 Å². The standard InChI is InChI=1S/C15H13ClF3N/c1-8-3-4-9(16)5-11(8)15(20-2)14-12(18)6-10(17)7-13(14)19/h3-7,15,20H,1-2H3. The van der Waals surface area contributed by atoms with Crippen molar-refractivity contribution >= 4 is 11.6 Å². The Kier molecular flexibility index (Phi) is 4.35. The molecular formula is C15H13ClF3N. The van der Waals surface area contributed by atoms with E-state index < -0.39 is 23.5 Å². The van der Waals surface area contributed by atoms with Gasteiger partial charge in [-0.25, -0.2) is 13.2 Å². The Morgan fingerprint density at radius 3 is 2.20 bits per heavy atom. The first-order valence-electron chi connectivity index (χ1n) is 6.01. The van der Waals surface area contributed by atoms with E-state index in [-0.39, 0.29) is 5.56 Å². The van der Waals surface area contributed by atoms with Crippen molar-refractivity contribution in [1.29, 1.82) is 0 Å². The Bertz CT molecular complexity index is 620. The first kappa shape index (κ1) is 14.9. The summed E-state index contributed by atoms with van der Waals surface area (Å²) < 4.78 is 40.8. The van der Waals surface area contributed by atoms with E-state index in [1.165, 1.54) is 0 Å². The highest BCUT2D eigenvalue weighted by molar-refractivity contribution is 6.30. The second-order valence-electron chi connectivity index (χ2n) is 4.51. The molecule has 0 aliphatic rings. The van der Waals surface area contributed by atoms with Crippen LogP contribution in [0.5, 0.6) is 0 Å². The minimum atomic E-state index is -0.943. The van der Waals surface area contributed by atoms with Crippen molar-refractivity contribution in [1.82, 2.24) is 5.32 Å². The van der Waals surface area contributed by atoms with Crippen molar-refractivity contribution in [3.8, 4) is 0 Å². The lowest BCUT2D eigenvalue weighted by Crippen LogP contribution is -2.21. The molecular weight excluding hydrogens is 287 g/mol. The molecule has 2 rings (SSSR count). The van der Waals surface area contributed by atoms with E-state index >= 15 is 0 Å². The van der Waals surface area contributed by atoms with Crippen molar-refractivity contribution in [2.45, 2.75) is 13.0 Å². The molecule has 0 radical (unpaired) electrons. The van der Waals surface area contributed by atoms with E-state index in [4.69, 9.17) is 11.6 Å². The number of hydrogen-bond donors (Lipinski definition) is 1. The summed E-state index contributed by atoms with van der Waals surface area (Å²) in [5.74, 6) is -2.80. The van der Waals surface area contributed by atoms with Gasteiger partial charge in [0.05, 0.1) is 6.04 Å². The molecule has 0 amide bonds. The molecule has 0 bridgehead atoms. The molecule has 0 aliphatic carbocycles. The number of aryl methyl sites for hydroxylation is 1. The predicted octanol–water partition coefficient (Wildman–Crippen LogP) is 4.37. The molecule has 0 aromatic heterocycles. The first-order valence-corrected chi connectivity index (χ1v) is 6.39. The summed E-state index contributed by atoms with van der Waals surface area (Å²) in [6, 6.07) is 5.70. The molecule has 0 saturated heterocycles. The second-order valence-corrected chi connectivity index (χ2v) is 4.94. The Balaban J connectivity index is 2.61. The summed E-state index contributed by atoms with van der Waals surface area (Å²) in [4.78, 5) is 0. The van der Waals surface area contributed by atoms with E-state index in [2.05, 4.69) is 5.32 Å². The monoisotopic (exact) mass is 299 g/mol. The van der Waals surface area contributed by atoms with Crippen molar-refractivity contribution in [3.05, 3.63) is 69.5 Å². The van der Waals surface area contributed by atoms with Gasteiger partial charge in [0, 0.05) is 22.7 Å². The average molecular weight is 300 g/mol. The largest absolute Gasteiger partial charge is 0.309 e. The highest BCUT2D eigenvalue weighted by Gasteiger charge is 2.23. The zero-order chi connectivity index (χ0) is 14.9. The maximum atomic E-state index is 13.9. The van der Waals surface area contributed by atoms with Gasteiger partial charge in [0.15, 0.2) is 0 Å². The van der Waals surface area contributed by atoms with Crippen LogP contribution in [0.1, 0.15) is 22.7 Å². The Morgan fingerprint density at radius 1 is 1.05 bits per heavy atom. The summed E-state index contributed by atoms with van der Waals surface area (Å²) in [7, 11) is 1.58. The van der Waals surface area contributed by atoms with Gasteiger partial charge in [-0.1, -0.05) is 17.7 Å². The zero-order valence-electron chi connectivity index (χ0n) is 11.0. The lowest BCUT2D eigenvalue weighted by molar-refractivity contribution is 0.499. The minimum absolute atomic E-state index is 0.223. The van der Waals surface area contributed by atoms with Crippen LogP contribution >= 0.6 is 11.6 Å². The van der Waals surface area contributed by atoms with Crippen molar-refractivity contribution < 1.29 is 13.2 Å². The molecule has 1 nitrogen and oxygen atoms in total. The Labute approximate surface area is 120 Å². The maximum Gasteiger partial charge on any atom is 0.134 e. The number of halogens is 4. The SMILES string of the molecule is CNC(c1cc(Cl)ccc1C)c1c(F)cc(F)cc1F. The number of benzene rings is 2. The first-order chi connectivity index (χ1) is 9.43. The van der Waals surface area contributed by atoms with E-state index in [1.54, 1.807) is 25.2 Å². The van der Waals surface area contributed by atoms with Crippen LogP contribution in [0.15, 0.2) is 30.3 Å². The van der Waals surface area contributed by atoms with Crippen LogP contribution in [0.3, 0.4) is 0 Å².